The van der Waals surface area contributed by atoms with Crippen LogP contribution >= 0.6 is 0 Å². The highest BCUT2D eigenvalue weighted by molar-refractivity contribution is 5.90. The average Bonchev–Trinajstić information content (AvgIpc) is 2.85. The lowest BCUT2D eigenvalue weighted by Crippen LogP contribution is -2.13. The van der Waals surface area contributed by atoms with Crippen LogP contribution in [0.25, 0.3) is 0 Å². The lowest BCUT2D eigenvalue weighted by molar-refractivity contribution is -0.116. The van der Waals surface area contributed by atoms with E-state index < -0.39 is 0 Å². The first kappa shape index (κ1) is 14.3. The normalized spacial score (nSPS) is 10.5. The maximum absolute atomic E-state index is 11.9. The van der Waals surface area contributed by atoms with Crippen LogP contribution in [-0.4, -0.2) is 15.5 Å². The van der Waals surface area contributed by atoms with E-state index in [1.807, 2.05) is 42.0 Å². The third kappa shape index (κ3) is 3.93. The van der Waals surface area contributed by atoms with Gasteiger partial charge in [0.05, 0.1) is 0 Å². The van der Waals surface area contributed by atoms with Gasteiger partial charge < -0.3 is 15.6 Å². The molecule has 106 valence electrons. The van der Waals surface area contributed by atoms with Crippen LogP contribution in [0.2, 0.25) is 0 Å². The summed E-state index contributed by atoms with van der Waals surface area (Å²) in [6.07, 6.45) is 4.98. The molecule has 1 heterocycles. The standard InChI is InChI=1S/C15H20N4O/c1-12-17-7-9-19(12)8-3-6-15(20)18-14-5-2-4-13(10-14)11-16/h2,4-5,7,9-10H,3,6,8,11,16H2,1H3,(H,18,20). The van der Waals surface area contributed by atoms with Crippen molar-refractivity contribution in [3.8, 4) is 0 Å². The van der Waals surface area contributed by atoms with Gasteiger partial charge in [-0.15, -0.1) is 0 Å². The molecule has 0 bridgehead atoms. The molecule has 5 heteroatoms. The minimum atomic E-state index is 0.0249. The molecule has 0 aliphatic carbocycles. The quantitative estimate of drug-likeness (QED) is 0.845. The summed E-state index contributed by atoms with van der Waals surface area (Å²) < 4.78 is 2.04. The molecule has 1 aromatic heterocycles. The molecule has 20 heavy (non-hydrogen) atoms. The van der Waals surface area contributed by atoms with Gasteiger partial charge >= 0.3 is 0 Å². The number of hydrogen-bond donors (Lipinski definition) is 2. The molecule has 0 unspecified atom stereocenters. The van der Waals surface area contributed by atoms with Gasteiger partial charge in [0.1, 0.15) is 5.82 Å². The zero-order valence-corrected chi connectivity index (χ0v) is 11.7. The Balaban J connectivity index is 1.79. The topological polar surface area (TPSA) is 72.9 Å². The van der Waals surface area contributed by atoms with Crippen LogP contribution in [0.15, 0.2) is 36.7 Å². The number of hydrogen-bond acceptors (Lipinski definition) is 3. The predicted molar refractivity (Wildman–Crippen MR) is 79.2 cm³/mol. The van der Waals surface area contributed by atoms with Crippen molar-refractivity contribution >= 4 is 11.6 Å². The number of carbonyl (C=O) groups is 1. The number of aryl methyl sites for hydroxylation is 2. The molecule has 2 aromatic rings. The van der Waals surface area contributed by atoms with Crippen molar-refractivity contribution in [1.29, 1.82) is 0 Å². The van der Waals surface area contributed by atoms with E-state index in [0.29, 0.717) is 13.0 Å². The van der Waals surface area contributed by atoms with E-state index in [1.54, 1.807) is 6.20 Å². The summed E-state index contributed by atoms with van der Waals surface area (Å²) in [4.78, 5) is 16.0. The largest absolute Gasteiger partial charge is 0.335 e. The predicted octanol–water partition coefficient (Wildman–Crippen LogP) is 2.07. The molecule has 0 atom stereocenters. The van der Waals surface area contributed by atoms with Crippen LogP contribution < -0.4 is 11.1 Å². The number of nitrogens with two attached hydrogens (primary N) is 1. The fourth-order valence-corrected chi connectivity index (χ4v) is 2.05. The fraction of sp³-hybridized carbons (Fsp3) is 0.333. The van der Waals surface area contributed by atoms with Crippen molar-refractivity contribution in [3.05, 3.63) is 48.0 Å². The lowest BCUT2D eigenvalue weighted by atomic mass is 10.2. The molecule has 5 nitrogen and oxygen atoms in total. The first-order valence-corrected chi connectivity index (χ1v) is 6.75. The van der Waals surface area contributed by atoms with E-state index in [4.69, 9.17) is 5.73 Å². The summed E-state index contributed by atoms with van der Waals surface area (Å²) in [6, 6.07) is 7.61. The van der Waals surface area contributed by atoms with Gasteiger partial charge in [0.2, 0.25) is 5.91 Å². The maximum atomic E-state index is 11.9. The van der Waals surface area contributed by atoms with Gasteiger partial charge in [-0.2, -0.15) is 0 Å². The van der Waals surface area contributed by atoms with Crippen molar-refractivity contribution < 1.29 is 4.79 Å². The minimum Gasteiger partial charge on any atom is -0.335 e. The molecule has 0 saturated heterocycles. The second-order valence-electron chi connectivity index (χ2n) is 4.72. The summed E-state index contributed by atoms with van der Waals surface area (Å²) in [5.41, 5.74) is 7.39. The van der Waals surface area contributed by atoms with E-state index in [0.717, 1.165) is 30.0 Å². The van der Waals surface area contributed by atoms with Crippen LogP contribution in [0.3, 0.4) is 0 Å². The zero-order chi connectivity index (χ0) is 14.4. The molecule has 1 aromatic carbocycles. The number of anilines is 1. The highest BCUT2D eigenvalue weighted by Gasteiger charge is 2.04. The van der Waals surface area contributed by atoms with Crippen LogP contribution in [0.5, 0.6) is 0 Å². The summed E-state index contributed by atoms with van der Waals surface area (Å²) in [5, 5.41) is 2.89. The molecule has 3 N–H and O–H groups in total. The molecular formula is C15H20N4O. The molecule has 0 radical (unpaired) electrons. The number of carbonyl (C=O) groups excluding carboxylic acids is 1. The molecule has 0 fully saturated rings. The monoisotopic (exact) mass is 272 g/mol. The molecular weight excluding hydrogens is 252 g/mol. The fourth-order valence-electron chi connectivity index (χ4n) is 2.05. The van der Waals surface area contributed by atoms with Crippen molar-refractivity contribution in [3.63, 3.8) is 0 Å². The molecule has 2 rings (SSSR count). The van der Waals surface area contributed by atoms with Crippen LogP contribution in [0.4, 0.5) is 5.69 Å². The Morgan fingerprint density at radius 3 is 3.00 bits per heavy atom. The highest BCUT2D eigenvalue weighted by atomic mass is 16.1. The van der Waals surface area contributed by atoms with Crippen LogP contribution in [-0.2, 0) is 17.9 Å². The van der Waals surface area contributed by atoms with E-state index in [2.05, 4.69) is 10.3 Å². The van der Waals surface area contributed by atoms with E-state index in [1.165, 1.54) is 0 Å². The average molecular weight is 272 g/mol. The SMILES string of the molecule is Cc1nccn1CCCC(=O)Nc1cccc(CN)c1. The summed E-state index contributed by atoms with van der Waals surface area (Å²) in [7, 11) is 0. The molecule has 1 amide bonds. The number of nitrogens with zero attached hydrogens (tertiary/aromatic N) is 2. The van der Waals surface area contributed by atoms with Gasteiger partial charge in [-0.05, 0) is 31.0 Å². The lowest BCUT2D eigenvalue weighted by Gasteiger charge is -2.07. The summed E-state index contributed by atoms with van der Waals surface area (Å²) in [6.45, 7) is 3.24. The first-order valence-electron chi connectivity index (χ1n) is 6.75. The minimum absolute atomic E-state index is 0.0249. The molecule has 0 spiro atoms. The van der Waals surface area contributed by atoms with Gasteiger partial charge in [0, 0.05) is 37.6 Å². The Morgan fingerprint density at radius 2 is 2.30 bits per heavy atom. The van der Waals surface area contributed by atoms with Crippen LogP contribution in [0, 0.1) is 6.92 Å². The second-order valence-corrected chi connectivity index (χ2v) is 4.72. The number of aromatic nitrogens is 2. The third-order valence-electron chi connectivity index (χ3n) is 3.17. The number of amides is 1. The van der Waals surface area contributed by atoms with Crippen LogP contribution in [0.1, 0.15) is 24.2 Å². The summed E-state index contributed by atoms with van der Waals surface area (Å²) >= 11 is 0. The summed E-state index contributed by atoms with van der Waals surface area (Å²) in [5.74, 6) is 0.998. The molecule has 0 saturated carbocycles. The zero-order valence-electron chi connectivity index (χ0n) is 11.7. The number of rotatable bonds is 6. The number of benzene rings is 1. The Labute approximate surface area is 118 Å². The number of imidazole rings is 1. The van der Waals surface area contributed by atoms with Gasteiger partial charge in [0.25, 0.3) is 0 Å². The number of nitrogens with one attached hydrogen (secondary N) is 1. The van der Waals surface area contributed by atoms with E-state index in [9.17, 15) is 4.79 Å². The third-order valence-corrected chi connectivity index (χ3v) is 3.17. The van der Waals surface area contributed by atoms with E-state index >= 15 is 0 Å². The van der Waals surface area contributed by atoms with Crippen molar-refractivity contribution in [1.82, 2.24) is 9.55 Å². The van der Waals surface area contributed by atoms with Gasteiger partial charge in [-0.1, -0.05) is 12.1 Å². The van der Waals surface area contributed by atoms with Crippen molar-refractivity contribution in [2.24, 2.45) is 5.73 Å². The second kappa shape index (κ2) is 6.86. The van der Waals surface area contributed by atoms with Gasteiger partial charge in [-0.25, -0.2) is 4.98 Å². The van der Waals surface area contributed by atoms with E-state index in [-0.39, 0.29) is 5.91 Å². The first-order chi connectivity index (χ1) is 9.69. The van der Waals surface area contributed by atoms with Gasteiger partial charge in [0.15, 0.2) is 0 Å². The molecule has 0 aliphatic rings. The maximum Gasteiger partial charge on any atom is 0.224 e. The Morgan fingerprint density at radius 1 is 1.45 bits per heavy atom. The Hall–Kier alpha value is -2.14. The van der Waals surface area contributed by atoms with Crippen molar-refractivity contribution in [2.75, 3.05) is 5.32 Å². The smallest absolute Gasteiger partial charge is 0.224 e. The molecule has 0 aliphatic heterocycles. The highest BCUT2D eigenvalue weighted by Crippen LogP contribution is 2.11. The Kier molecular flexibility index (Phi) is 4.90. The van der Waals surface area contributed by atoms with Crippen molar-refractivity contribution in [2.45, 2.75) is 32.9 Å². The van der Waals surface area contributed by atoms with Gasteiger partial charge in [-0.3, -0.25) is 4.79 Å². The Bertz CT molecular complexity index is 577.